The molecule has 0 aliphatic carbocycles. The van der Waals surface area contributed by atoms with Crippen molar-refractivity contribution in [3.63, 3.8) is 0 Å². The van der Waals surface area contributed by atoms with Crippen molar-refractivity contribution >= 4 is 12.7 Å². The molecule has 18 heavy (non-hydrogen) atoms. The molecule has 0 aromatic rings. The van der Waals surface area contributed by atoms with Gasteiger partial charge in [0.05, 0.1) is 6.42 Å². The van der Waals surface area contributed by atoms with E-state index in [4.69, 9.17) is 14.0 Å². The molecule has 5 nitrogen and oxygen atoms in total. The normalized spacial score (nSPS) is 39.1. The van der Waals surface area contributed by atoms with Crippen molar-refractivity contribution in [3.8, 4) is 0 Å². The summed E-state index contributed by atoms with van der Waals surface area (Å²) in [6.45, 7) is 7.25. The smallest absolute Gasteiger partial charge is 0.322 e. The maximum Gasteiger partial charge on any atom is 0.322 e. The van der Waals surface area contributed by atoms with Crippen LogP contribution in [0.25, 0.3) is 0 Å². The Morgan fingerprint density at radius 1 is 1.50 bits per heavy atom. The average Bonchev–Trinajstić information content (AvgIpc) is 2.64. The summed E-state index contributed by atoms with van der Waals surface area (Å²) in [5, 5.41) is 0. The summed E-state index contributed by atoms with van der Waals surface area (Å²) >= 11 is 0. The summed E-state index contributed by atoms with van der Waals surface area (Å²) in [6, 6.07) is 0. The molecule has 0 aromatic heterocycles. The third-order valence-corrected chi connectivity index (χ3v) is 4.08. The first-order chi connectivity index (χ1) is 8.39. The zero-order valence-corrected chi connectivity index (χ0v) is 11.3. The van der Waals surface area contributed by atoms with Crippen molar-refractivity contribution in [3.05, 3.63) is 0 Å². The molecule has 2 unspecified atom stereocenters. The largest absolute Gasteiger partial charge is 0.554 e. The Balaban J connectivity index is 1.56. The number of esters is 1. The Morgan fingerprint density at radius 2 is 2.28 bits per heavy atom. The van der Waals surface area contributed by atoms with Gasteiger partial charge < -0.3 is 18.9 Å². The minimum absolute atomic E-state index is 0.0343. The first-order valence-electron chi connectivity index (χ1n) is 6.82. The monoisotopic (exact) mass is 254 g/mol. The molecule has 0 N–H and O–H groups in total. The minimum atomic E-state index is -1.19. The van der Waals surface area contributed by atoms with Gasteiger partial charge in [0.1, 0.15) is 5.60 Å². The lowest BCUT2D eigenvalue weighted by Gasteiger charge is -2.55. The highest BCUT2D eigenvalue weighted by Crippen LogP contribution is 2.51. The Labute approximate surface area is 108 Å². The van der Waals surface area contributed by atoms with Gasteiger partial charge in [-0.05, 0) is 27.3 Å². The molecule has 3 fully saturated rings. The van der Waals surface area contributed by atoms with Gasteiger partial charge in [-0.25, -0.2) is 0 Å². The third kappa shape index (κ3) is 1.96. The number of carbonyl (C=O) groups is 1. The maximum absolute atomic E-state index is 11.8. The lowest BCUT2D eigenvalue weighted by Crippen LogP contribution is -2.65. The summed E-state index contributed by atoms with van der Waals surface area (Å²) in [4.78, 5) is 14.1. The number of ether oxygens (including phenoxy) is 1. The quantitative estimate of drug-likeness (QED) is 0.546. The summed E-state index contributed by atoms with van der Waals surface area (Å²) in [7, 11) is 0. The number of nitrogens with zero attached hydrogens (tertiary/aromatic N) is 1. The van der Waals surface area contributed by atoms with Crippen LogP contribution in [0.3, 0.4) is 0 Å². The molecule has 0 aromatic carbocycles. The molecular formula is C12H21BNO4-. The van der Waals surface area contributed by atoms with Crippen LogP contribution in [0.5, 0.6) is 0 Å². The number of rotatable bonds is 2. The second-order valence-corrected chi connectivity index (χ2v) is 6.64. The van der Waals surface area contributed by atoms with Gasteiger partial charge in [-0.1, -0.05) is 18.8 Å². The fourth-order valence-electron chi connectivity index (χ4n) is 3.45. The van der Waals surface area contributed by atoms with Gasteiger partial charge in [0.15, 0.2) is 0 Å². The highest BCUT2D eigenvalue weighted by molar-refractivity contribution is 6.70. The van der Waals surface area contributed by atoms with Gasteiger partial charge >= 0.3 is 12.7 Å². The van der Waals surface area contributed by atoms with E-state index in [1.165, 1.54) is 0 Å². The molecular weight excluding hydrogens is 233 g/mol. The van der Waals surface area contributed by atoms with Crippen LogP contribution in [0.1, 0.15) is 33.6 Å². The third-order valence-electron chi connectivity index (χ3n) is 4.08. The molecule has 3 saturated heterocycles. The zero-order chi connectivity index (χ0) is 13.0. The van der Waals surface area contributed by atoms with Crippen molar-refractivity contribution < 1.29 is 18.8 Å². The maximum atomic E-state index is 11.8. The zero-order valence-electron chi connectivity index (χ0n) is 11.3. The van der Waals surface area contributed by atoms with Gasteiger partial charge in [-0.15, -0.1) is 0 Å². The lowest BCUT2D eigenvalue weighted by molar-refractivity contribution is -0.156. The molecule has 3 aliphatic rings. The van der Waals surface area contributed by atoms with Crippen molar-refractivity contribution in [2.45, 2.75) is 51.1 Å². The standard InChI is InChI=1S/C12H21BNO4/c1-12(2,3)17-11(15)7-10-6-9-8-14-4-5-16-13(9,14)18-10/h9-10H,4-8H2,1-3H3/q-1/t9?,10-,13?/m0/s1. The van der Waals surface area contributed by atoms with E-state index in [9.17, 15) is 4.79 Å². The molecule has 0 radical (unpaired) electrons. The Hall–Kier alpha value is -0.585. The molecule has 0 amide bonds. The van der Waals surface area contributed by atoms with Crippen LogP contribution >= 0.6 is 0 Å². The van der Waals surface area contributed by atoms with Gasteiger partial charge in [0.2, 0.25) is 0 Å². The summed E-state index contributed by atoms with van der Waals surface area (Å²) in [6.07, 6.45) is 1.23. The molecule has 102 valence electrons. The van der Waals surface area contributed by atoms with Gasteiger partial charge in [-0.3, -0.25) is 4.79 Å². The molecule has 3 aliphatic heterocycles. The van der Waals surface area contributed by atoms with E-state index in [1.807, 2.05) is 20.8 Å². The van der Waals surface area contributed by atoms with E-state index in [0.29, 0.717) is 12.2 Å². The Bertz CT molecular complexity index is 370. The first kappa shape index (κ1) is 12.4. The van der Waals surface area contributed by atoms with Crippen molar-refractivity contribution in [2.75, 3.05) is 19.7 Å². The van der Waals surface area contributed by atoms with Crippen molar-refractivity contribution in [1.29, 1.82) is 0 Å². The summed E-state index contributed by atoms with van der Waals surface area (Å²) in [5.41, 5.74) is -0.423. The van der Waals surface area contributed by atoms with Gasteiger partial charge in [0, 0.05) is 12.7 Å². The van der Waals surface area contributed by atoms with E-state index < -0.39 is 12.3 Å². The van der Waals surface area contributed by atoms with Crippen LogP contribution in [-0.4, -0.2) is 48.9 Å². The predicted octanol–water partition coefficient (Wildman–Crippen LogP) is 1.16. The lowest BCUT2D eigenvalue weighted by atomic mass is 9.50. The molecule has 0 bridgehead atoms. The van der Waals surface area contributed by atoms with Crippen molar-refractivity contribution in [2.24, 2.45) is 0 Å². The van der Waals surface area contributed by atoms with Gasteiger partial charge in [0.25, 0.3) is 0 Å². The Kier molecular flexibility index (Phi) is 2.73. The van der Waals surface area contributed by atoms with Crippen LogP contribution in [0.4, 0.5) is 0 Å². The highest BCUT2D eigenvalue weighted by atomic mass is 16.6. The predicted molar refractivity (Wildman–Crippen MR) is 67.0 cm³/mol. The summed E-state index contributed by atoms with van der Waals surface area (Å²) < 4.78 is 17.1. The summed E-state index contributed by atoms with van der Waals surface area (Å²) in [5.74, 6) is 0.311. The molecule has 1 spiro atoms. The number of carbonyl (C=O) groups excluding carboxylic acids is 1. The van der Waals surface area contributed by atoms with Crippen LogP contribution in [0, 0.1) is 0 Å². The van der Waals surface area contributed by atoms with E-state index in [2.05, 4.69) is 4.81 Å². The van der Waals surface area contributed by atoms with Crippen LogP contribution in [0.2, 0.25) is 5.82 Å². The van der Waals surface area contributed by atoms with Crippen LogP contribution < -0.4 is 0 Å². The van der Waals surface area contributed by atoms with Gasteiger partial charge in [-0.2, -0.15) is 0 Å². The van der Waals surface area contributed by atoms with E-state index >= 15 is 0 Å². The second-order valence-electron chi connectivity index (χ2n) is 6.64. The SMILES string of the molecule is CC(C)(C)OC(=O)C[C@@H]1CC2CN3CCO[B-]23O1. The van der Waals surface area contributed by atoms with Crippen molar-refractivity contribution in [1.82, 2.24) is 4.81 Å². The molecule has 3 rings (SSSR count). The molecule has 3 atom stereocenters. The average molecular weight is 254 g/mol. The molecule has 6 heteroatoms. The Morgan fingerprint density at radius 3 is 2.94 bits per heavy atom. The van der Waals surface area contributed by atoms with E-state index in [0.717, 1.165) is 26.1 Å². The van der Waals surface area contributed by atoms with Crippen LogP contribution in [0.15, 0.2) is 0 Å². The van der Waals surface area contributed by atoms with E-state index in [1.54, 1.807) is 0 Å². The highest BCUT2D eigenvalue weighted by Gasteiger charge is 2.58. The fourth-order valence-corrected chi connectivity index (χ4v) is 3.45. The molecule has 3 heterocycles. The topological polar surface area (TPSA) is 48.0 Å². The number of hydrogen-bond donors (Lipinski definition) is 0. The minimum Gasteiger partial charge on any atom is -0.554 e. The fraction of sp³-hybridized carbons (Fsp3) is 0.917. The van der Waals surface area contributed by atoms with E-state index in [-0.39, 0.29) is 12.1 Å². The number of hydrogen-bond acceptors (Lipinski definition) is 5. The first-order valence-corrected chi connectivity index (χ1v) is 6.82. The second kappa shape index (κ2) is 3.95. The molecule has 0 saturated carbocycles. The van der Waals surface area contributed by atoms with Crippen LogP contribution in [-0.2, 0) is 18.8 Å².